The van der Waals surface area contributed by atoms with Gasteiger partial charge < -0.3 is 14.2 Å². The van der Waals surface area contributed by atoms with Crippen LogP contribution in [0.25, 0.3) is 0 Å². The summed E-state index contributed by atoms with van der Waals surface area (Å²) in [6.45, 7) is 6.71. The molecule has 0 saturated heterocycles. The van der Waals surface area contributed by atoms with Gasteiger partial charge in [0.05, 0.1) is 0 Å². The van der Waals surface area contributed by atoms with Gasteiger partial charge in [0, 0.05) is 19.3 Å². The van der Waals surface area contributed by atoms with Crippen LogP contribution in [0.5, 0.6) is 0 Å². The van der Waals surface area contributed by atoms with E-state index >= 15 is 0 Å². The first-order chi connectivity index (χ1) is 34.0. The number of hydrogen-bond donors (Lipinski definition) is 0. The van der Waals surface area contributed by atoms with Gasteiger partial charge in [-0.1, -0.05) is 303 Å². The molecule has 0 aliphatic carbocycles. The molecular formula is C63H120O6. The van der Waals surface area contributed by atoms with Crippen LogP contribution >= 0.6 is 0 Å². The number of carbonyl (C=O) groups excluding carboxylic acids is 3. The average molecular weight is 974 g/mol. The Morgan fingerprint density at radius 2 is 0.478 bits per heavy atom. The monoisotopic (exact) mass is 973 g/mol. The van der Waals surface area contributed by atoms with Crippen LogP contribution in [0.2, 0.25) is 0 Å². The van der Waals surface area contributed by atoms with Gasteiger partial charge in [-0.15, -0.1) is 0 Å². The van der Waals surface area contributed by atoms with E-state index in [9.17, 15) is 14.4 Å². The fourth-order valence-corrected chi connectivity index (χ4v) is 9.56. The number of carbonyl (C=O) groups is 3. The molecule has 0 radical (unpaired) electrons. The van der Waals surface area contributed by atoms with Crippen LogP contribution < -0.4 is 0 Å². The van der Waals surface area contributed by atoms with E-state index < -0.39 is 6.10 Å². The lowest BCUT2D eigenvalue weighted by Gasteiger charge is -2.18. The molecule has 6 heteroatoms. The molecule has 0 saturated carbocycles. The molecule has 0 rings (SSSR count). The van der Waals surface area contributed by atoms with E-state index in [1.54, 1.807) is 0 Å². The van der Waals surface area contributed by atoms with Crippen LogP contribution in [0.4, 0.5) is 0 Å². The highest BCUT2D eigenvalue weighted by Crippen LogP contribution is 2.18. The van der Waals surface area contributed by atoms with Crippen molar-refractivity contribution in [2.75, 3.05) is 13.2 Å². The van der Waals surface area contributed by atoms with Crippen LogP contribution in [0, 0.1) is 0 Å². The lowest BCUT2D eigenvalue weighted by molar-refractivity contribution is -0.167. The van der Waals surface area contributed by atoms with Crippen LogP contribution in [0.3, 0.4) is 0 Å². The number of allylic oxidation sites excluding steroid dienone is 2. The Kier molecular flexibility index (Phi) is 57.1. The van der Waals surface area contributed by atoms with Crippen molar-refractivity contribution in [2.45, 2.75) is 361 Å². The zero-order valence-corrected chi connectivity index (χ0v) is 46.9. The Hall–Kier alpha value is -1.85. The van der Waals surface area contributed by atoms with Crippen molar-refractivity contribution in [1.29, 1.82) is 0 Å². The third-order valence-corrected chi connectivity index (χ3v) is 14.3. The van der Waals surface area contributed by atoms with Gasteiger partial charge in [-0.2, -0.15) is 0 Å². The van der Waals surface area contributed by atoms with Gasteiger partial charge in [-0.25, -0.2) is 0 Å². The van der Waals surface area contributed by atoms with E-state index in [0.717, 1.165) is 57.8 Å². The maximum absolute atomic E-state index is 12.9. The van der Waals surface area contributed by atoms with Crippen molar-refractivity contribution < 1.29 is 28.6 Å². The summed E-state index contributed by atoms with van der Waals surface area (Å²) in [6.07, 6.45) is 67.8. The van der Waals surface area contributed by atoms with Crippen molar-refractivity contribution in [2.24, 2.45) is 0 Å². The second-order valence-electron chi connectivity index (χ2n) is 21.3. The fraction of sp³-hybridized carbons (Fsp3) is 0.921. The summed E-state index contributed by atoms with van der Waals surface area (Å²) in [7, 11) is 0. The summed E-state index contributed by atoms with van der Waals surface area (Å²) in [5.41, 5.74) is 0. The summed E-state index contributed by atoms with van der Waals surface area (Å²) in [5, 5.41) is 0. The summed E-state index contributed by atoms with van der Waals surface area (Å²) < 4.78 is 16.9. The third-order valence-electron chi connectivity index (χ3n) is 14.3. The van der Waals surface area contributed by atoms with Gasteiger partial charge in [0.25, 0.3) is 0 Å². The number of hydrogen-bond acceptors (Lipinski definition) is 6. The molecule has 69 heavy (non-hydrogen) atoms. The highest BCUT2D eigenvalue weighted by atomic mass is 16.6. The molecule has 0 spiro atoms. The predicted molar refractivity (Wildman–Crippen MR) is 298 cm³/mol. The molecule has 0 amide bonds. The van der Waals surface area contributed by atoms with Crippen molar-refractivity contribution in [3.8, 4) is 0 Å². The standard InChI is InChI=1S/C63H120O6/c1-4-7-10-13-16-19-22-25-28-30-32-34-35-38-41-44-47-50-53-56-62(65)68-59-60(58-67-61(64)55-52-49-46-43-40-37-27-24-21-18-15-12-9-6-3)69-63(66)57-54-51-48-45-42-39-36-33-31-29-26-23-20-17-14-11-8-5-2/h25,28,60H,4-24,26-27,29-59H2,1-3H3/b28-25-/t60-/m1/s1. The minimum Gasteiger partial charge on any atom is -0.462 e. The first-order valence-electron chi connectivity index (χ1n) is 31.2. The molecule has 0 bridgehead atoms. The molecule has 0 heterocycles. The van der Waals surface area contributed by atoms with E-state index in [1.165, 1.54) is 257 Å². The van der Waals surface area contributed by atoms with Crippen molar-refractivity contribution >= 4 is 17.9 Å². The van der Waals surface area contributed by atoms with Crippen LogP contribution in [-0.4, -0.2) is 37.2 Å². The van der Waals surface area contributed by atoms with Crippen LogP contribution in [0.15, 0.2) is 12.2 Å². The van der Waals surface area contributed by atoms with Crippen molar-refractivity contribution in [3.05, 3.63) is 12.2 Å². The molecule has 1 atom stereocenters. The third kappa shape index (κ3) is 56.9. The Morgan fingerprint density at radius 3 is 0.725 bits per heavy atom. The normalized spacial score (nSPS) is 12.0. The largest absolute Gasteiger partial charge is 0.462 e. The summed E-state index contributed by atoms with van der Waals surface area (Å²) in [4.78, 5) is 38.2. The zero-order valence-electron chi connectivity index (χ0n) is 46.9. The Bertz CT molecular complexity index is 1070. The molecule has 0 aromatic rings. The fourth-order valence-electron chi connectivity index (χ4n) is 9.56. The summed E-state index contributed by atoms with van der Waals surface area (Å²) in [5.74, 6) is -0.837. The van der Waals surface area contributed by atoms with E-state index in [0.29, 0.717) is 19.3 Å². The first-order valence-corrected chi connectivity index (χ1v) is 31.2. The molecule has 0 aliphatic rings. The van der Waals surface area contributed by atoms with Gasteiger partial charge in [0.15, 0.2) is 6.10 Å². The van der Waals surface area contributed by atoms with Crippen molar-refractivity contribution in [3.63, 3.8) is 0 Å². The highest BCUT2D eigenvalue weighted by Gasteiger charge is 2.19. The van der Waals surface area contributed by atoms with Gasteiger partial charge in [0.1, 0.15) is 13.2 Å². The summed E-state index contributed by atoms with van der Waals surface area (Å²) >= 11 is 0. The summed E-state index contributed by atoms with van der Waals surface area (Å²) in [6, 6.07) is 0. The number of unbranched alkanes of at least 4 members (excludes halogenated alkanes) is 45. The molecule has 0 fully saturated rings. The maximum Gasteiger partial charge on any atom is 0.306 e. The van der Waals surface area contributed by atoms with E-state index in [-0.39, 0.29) is 31.1 Å². The Labute approximate surface area is 431 Å². The lowest BCUT2D eigenvalue weighted by Crippen LogP contribution is -2.30. The minimum atomic E-state index is -0.765. The number of ether oxygens (including phenoxy) is 3. The predicted octanol–water partition coefficient (Wildman–Crippen LogP) is 20.9. The van der Waals surface area contributed by atoms with Gasteiger partial charge in [-0.3, -0.25) is 14.4 Å². The second-order valence-corrected chi connectivity index (χ2v) is 21.3. The Balaban J connectivity index is 4.29. The van der Waals surface area contributed by atoms with E-state index in [2.05, 4.69) is 32.9 Å². The molecule has 0 aromatic carbocycles. The topological polar surface area (TPSA) is 78.9 Å². The van der Waals surface area contributed by atoms with Crippen LogP contribution in [-0.2, 0) is 28.6 Å². The van der Waals surface area contributed by atoms with E-state index in [1.807, 2.05) is 0 Å². The first kappa shape index (κ1) is 67.1. The average Bonchev–Trinajstić information content (AvgIpc) is 3.35. The van der Waals surface area contributed by atoms with Crippen LogP contribution in [0.1, 0.15) is 355 Å². The molecule has 0 aliphatic heterocycles. The molecular weight excluding hydrogens is 853 g/mol. The molecule has 0 aromatic heterocycles. The molecule has 0 N–H and O–H groups in total. The Morgan fingerprint density at radius 1 is 0.275 bits per heavy atom. The number of rotatable bonds is 58. The van der Waals surface area contributed by atoms with Crippen molar-refractivity contribution in [1.82, 2.24) is 0 Å². The maximum atomic E-state index is 12.9. The molecule has 408 valence electrons. The molecule has 6 nitrogen and oxygen atoms in total. The quantitative estimate of drug-likeness (QED) is 0.0261. The van der Waals surface area contributed by atoms with Gasteiger partial charge in [-0.05, 0) is 44.9 Å². The smallest absolute Gasteiger partial charge is 0.306 e. The van der Waals surface area contributed by atoms with E-state index in [4.69, 9.17) is 14.2 Å². The second kappa shape index (κ2) is 58.7. The molecule has 0 unspecified atom stereocenters. The van der Waals surface area contributed by atoms with Gasteiger partial charge in [0.2, 0.25) is 0 Å². The minimum absolute atomic E-state index is 0.0640. The van der Waals surface area contributed by atoms with Gasteiger partial charge >= 0.3 is 17.9 Å². The lowest BCUT2D eigenvalue weighted by atomic mass is 10.0. The zero-order chi connectivity index (χ0) is 50.0. The number of esters is 3. The SMILES string of the molecule is CCCCCCCC/C=C\CCCCCCCCCCCC(=O)OC[C@@H](COC(=O)CCCCCCCCCCCCCCCC)OC(=O)CCCCCCCCCCCCCCCCCCCC. The highest BCUT2D eigenvalue weighted by molar-refractivity contribution is 5.71.